The van der Waals surface area contributed by atoms with Crippen molar-refractivity contribution in [2.45, 2.75) is 17.5 Å². The number of thioether (sulfide) groups is 1. The number of halogens is 1. The van der Waals surface area contributed by atoms with E-state index < -0.39 is 0 Å². The van der Waals surface area contributed by atoms with Crippen LogP contribution in [-0.2, 0) is 12.3 Å². The molecule has 0 spiro atoms. The molecule has 0 fully saturated rings. The lowest BCUT2D eigenvalue weighted by atomic mass is 10.2. The molecule has 2 aromatic carbocycles. The van der Waals surface area contributed by atoms with Gasteiger partial charge in [0.1, 0.15) is 0 Å². The Kier molecular flexibility index (Phi) is 5.23. The molecule has 4 aromatic rings. The van der Waals surface area contributed by atoms with Crippen LogP contribution in [0.1, 0.15) is 5.69 Å². The van der Waals surface area contributed by atoms with Gasteiger partial charge in [0.25, 0.3) is 0 Å². The van der Waals surface area contributed by atoms with E-state index in [2.05, 4.69) is 39.5 Å². The minimum absolute atomic E-state index is 0.637. The third kappa shape index (κ3) is 3.89. The summed E-state index contributed by atoms with van der Waals surface area (Å²) < 4.78 is 2.06. The van der Waals surface area contributed by atoms with Gasteiger partial charge in [0.15, 0.2) is 11.0 Å². The van der Waals surface area contributed by atoms with Crippen molar-refractivity contribution in [3.8, 4) is 11.4 Å². The van der Waals surface area contributed by atoms with E-state index in [1.54, 1.807) is 11.8 Å². The summed E-state index contributed by atoms with van der Waals surface area (Å²) in [6.45, 7) is 4.50. The Bertz CT molecular complexity index is 1090. The number of aromatic nitrogens is 4. The van der Waals surface area contributed by atoms with Gasteiger partial charge in [-0.15, -0.1) is 16.8 Å². The molecule has 0 N–H and O–H groups in total. The van der Waals surface area contributed by atoms with Crippen molar-refractivity contribution in [1.29, 1.82) is 0 Å². The third-order valence-electron chi connectivity index (χ3n) is 4.14. The fraction of sp³-hybridized carbons (Fsp3) is 0.0952. The van der Waals surface area contributed by atoms with Crippen molar-refractivity contribution < 1.29 is 0 Å². The number of para-hydroxylation sites is 1. The van der Waals surface area contributed by atoms with Crippen LogP contribution in [0.15, 0.2) is 78.5 Å². The van der Waals surface area contributed by atoms with Crippen molar-refractivity contribution in [2.75, 3.05) is 0 Å². The molecule has 0 saturated heterocycles. The highest BCUT2D eigenvalue weighted by Gasteiger charge is 2.14. The van der Waals surface area contributed by atoms with Gasteiger partial charge in [0.05, 0.1) is 11.2 Å². The maximum absolute atomic E-state index is 5.99. The number of fused-ring (bicyclic) bond motifs is 1. The second-order valence-electron chi connectivity index (χ2n) is 6.00. The molecule has 0 radical (unpaired) electrons. The van der Waals surface area contributed by atoms with Gasteiger partial charge < -0.3 is 0 Å². The molecule has 2 aromatic heterocycles. The molecule has 2 heterocycles. The van der Waals surface area contributed by atoms with E-state index in [0.717, 1.165) is 38.9 Å². The van der Waals surface area contributed by atoms with E-state index in [9.17, 15) is 0 Å². The van der Waals surface area contributed by atoms with Gasteiger partial charge in [-0.1, -0.05) is 53.7 Å². The van der Waals surface area contributed by atoms with Crippen LogP contribution in [0.25, 0.3) is 22.3 Å². The summed E-state index contributed by atoms with van der Waals surface area (Å²) in [5.41, 5.74) is 2.99. The van der Waals surface area contributed by atoms with Gasteiger partial charge in [-0.05, 0) is 36.4 Å². The van der Waals surface area contributed by atoms with Crippen molar-refractivity contribution in [1.82, 2.24) is 19.7 Å². The largest absolute Gasteiger partial charge is 0.298 e. The summed E-state index contributed by atoms with van der Waals surface area (Å²) >= 11 is 7.61. The number of allylic oxidation sites excluding steroid dienone is 1. The molecule has 0 bridgehead atoms. The monoisotopic (exact) mass is 392 g/mol. The van der Waals surface area contributed by atoms with E-state index in [1.807, 2.05) is 48.5 Å². The molecular formula is C21H17ClN4S. The van der Waals surface area contributed by atoms with Gasteiger partial charge in [-0.2, -0.15) is 0 Å². The van der Waals surface area contributed by atoms with Crippen LogP contribution < -0.4 is 0 Å². The fourth-order valence-corrected chi connectivity index (χ4v) is 3.81. The fourth-order valence-electron chi connectivity index (χ4n) is 2.83. The average Bonchev–Trinajstić information content (AvgIpc) is 3.10. The van der Waals surface area contributed by atoms with E-state index in [0.29, 0.717) is 11.6 Å². The van der Waals surface area contributed by atoms with Gasteiger partial charge in [-0.25, -0.2) is 0 Å². The molecule has 4 nitrogen and oxygen atoms in total. The molecule has 0 aliphatic rings. The third-order valence-corrected chi connectivity index (χ3v) is 5.39. The summed E-state index contributed by atoms with van der Waals surface area (Å²) in [6.07, 6.45) is 1.85. The second kappa shape index (κ2) is 7.94. The number of pyridine rings is 1. The lowest BCUT2D eigenvalue weighted by Gasteiger charge is -2.08. The summed E-state index contributed by atoms with van der Waals surface area (Å²) in [7, 11) is 0. The molecule has 6 heteroatoms. The van der Waals surface area contributed by atoms with E-state index in [4.69, 9.17) is 16.6 Å². The summed E-state index contributed by atoms with van der Waals surface area (Å²) in [5, 5.41) is 11.4. The number of nitrogens with zero attached hydrogens (tertiary/aromatic N) is 4. The maximum Gasteiger partial charge on any atom is 0.192 e. The van der Waals surface area contributed by atoms with E-state index >= 15 is 0 Å². The van der Waals surface area contributed by atoms with Crippen LogP contribution in [0, 0.1) is 0 Å². The normalized spacial score (nSPS) is 11.0. The van der Waals surface area contributed by atoms with Gasteiger partial charge in [0, 0.05) is 28.3 Å². The quantitative estimate of drug-likeness (QED) is 0.315. The van der Waals surface area contributed by atoms with Gasteiger partial charge >= 0.3 is 0 Å². The smallest absolute Gasteiger partial charge is 0.192 e. The SMILES string of the molecule is C=CCn1c(SCc2ccc3ccccc3n2)nnc1-c1ccc(Cl)cc1. The van der Waals surface area contributed by atoms with Crippen LogP contribution in [0.5, 0.6) is 0 Å². The van der Waals surface area contributed by atoms with Crippen molar-refractivity contribution in [3.05, 3.63) is 84.0 Å². The Morgan fingerprint density at radius 3 is 2.63 bits per heavy atom. The highest BCUT2D eigenvalue weighted by Crippen LogP contribution is 2.27. The summed E-state index contributed by atoms with van der Waals surface area (Å²) in [5.74, 6) is 1.53. The minimum Gasteiger partial charge on any atom is -0.298 e. The molecule has 0 saturated carbocycles. The zero-order chi connectivity index (χ0) is 18.6. The Morgan fingerprint density at radius 2 is 1.81 bits per heavy atom. The molecular weight excluding hydrogens is 376 g/mol. The van der Waals surface area contributed by atoms with Crippen molar-refractivity contribution in [3.63, 3.8) is 0 Å². The molecule has 0 unspecified atom stereocenters. The molecule has 0 aliphatic heterocycles. The predicted molar refractivity (Wildman–Crippen MR) is 112 cm³/mol. The lowest BCUT2D eigenvalue weighted by Crippen LogP contribution is -2.01. The Hall–Kier alpha value is -2.63. The van der Waals surface area contributed by atoms with Crippen LogP contribution in [0.2, 0.25) is 5.02 Å². The Labute approximate surface area is 166 Å². The summed E-state index contributed by atoms with van der Waals surface area (Å²) in [6, 6.07) is 19.9. The first-order valence-corrected chi connectivity index (χ1v) is 9.88. The molecule has 0 aliphatic carbocycles. The topological polar surface area (TPSA) is 43.6 Å². The number of hydrogen-bond acceptors (Lipinski definition) is 4. The predicted octanol–water partition coefficient (Wildman–Crippen LogP) is 5.63. The molecule has 27 heavy (non-hydrogen) atoms. The van der Waals surface area contributed by atoms with E-state index in [1.165, 1.54) is 0 Å². The van der Waals surface area contributed by atoms with Crippen molar-refractivity contribution >= 4 is 34.3 Å². The molecule has 0 atom stereocenters. The van der Waals surface area contributed by atoms with Gasteiger partial charge in [0.2, 0.25) is 0 Å². The zero-order valence-electron chi connectivity index (χ0n) is 14.5. The summed E-state index contributed by atoms with van der Waals surface area (Å²) in [4.78, 5) is 4.73. The first kappa shape index (κ1) is 17.8. The highest BCUT2D eigenvalue weighted by molar-refractivity contribution is 7.98. The van der Waals surface area contributed by atoms with E-state index in [-0.39, 0.29) is 0 Å². The van der Waals surface area contributed by atoms with Crippen LogP contribution in [-0.4, -0.2) is 19.7 Å². The number of rotatable bonds is 6. The average molecular weight is 393 g/mol. The number of hydrogen-bond donors (Lipinski definition) is 0. The first-order chi connectivity index (χ1) is 13.2. The zero-order valence-corrected chi connectivity index (χ0v) is 16.1. The van der Waals surface area contributed by atoms with Crippen LogP contribution in [0.4, 0.5) is 0 Å². The van der Waals surface area contributed by atoms with Crippen molar-refractivity contribution in [2.24, 2.45) is 0 Å². The van der Waals surface area contributed by atoms with Gasteiger partial charge in [-0.3, -0.25) is 9.55 Å². The Balaban J connectivity index is 1.59. The maximum atomic E-state index is 5.99. The number of benzene rings is 2. The molecule has 4 rings (SSSR count). The van der Waals surface area contributed by atoms with Crippen LogP contribution >= 0.6 is 23.4 Å². The second-order valence-corrected chi connectivity index (χ2v) is 7.38. The highest BCUT2D eigenvalue weighted by atomic mass is 35.5. The lowest BCUT2D eigenvalue weighted by molar-refractivity contribution is 0.731. The Morgan fingerprint density at radius 1 is 1.00 bits per heavy atom. The first-order valence-electron chi connectivity index (χ1n) is 8.52. The van der Waals surface area contributed by atoms with Crippen LogP contribution in [0.3, 0.4) is 0 Å². The molecule has 0 amide bonds. The standard InChI is InChI=1S/C21H17ClN4S/c1-2-13-26-20(16-7-10-17(22)11-8-16)24-25-21(26)27-14-18-12-9-15-5-3-4-6-19(15)23-18/h2-12H,1,13-14H2. The molecule has 134 valence electrons. The minimum atomic E-state index is 0.637.